The van der Waals surface area contributed by atoms with Gasteiger partial charge < -0.3 is 9.59 Å². The van der Waals surface area contributed by atoms with E-state index in [-0.39, 0.29) is 30.5 Å². The predicted octanol–water partition coefficient (Wildman–Crippen LogP) is 2.07. The summed E-state index contributed by atoms with van der Waals surface area (Å²) in [4.78, 5) is 10.6. The zero-order valence-corrected chi connectivity index (χ0v) is 15.4. The van der Waals surface area contributed by atoms with Crippen LogP contribution in [0, 0.1) is 0 Å². The van der Waals surface area contributed by atoms with Crippen LogP contribution < -0.4 is 4.72 Å². The van der Waals surface area contributed by atoms with Gasteiger partial charge in [-0.1, -0.05) is 0 Å². The van der Waals surface area contributed by atoms with E-state index >= 15 is 0 Å². The summed E-state index contributed by atoms with van der Waals surface area (Å²) in [6.07, 6.45) is -15.5. The van der Waals surface area contributed by atoms with E-state index in [1.54, 1.807) is 14.1 Å². The molecule has 2 N–H and O–H groups in total. The number of alkyl halides is 7. The van der Waals surface area contributed by atoms with Crippen LogP contribution >= 0.6 is 0 Å². The first kappa shape index (κ1) is 25.9. The van der Waals surface area contributed by atoms with Crippen molar-refractivity contribution in [3.8, 4) is 0 Å². The van der Waals surface area contributed by atoms with Gasteiger partial charge in [0.2, 0.25) is 10.0 Å². The molecule has 0 aliphatic heterocycles. The normalized spacial score (nSPS) is 14.4. The molecule has 0 spiro atoms. The molecule has 27 heavy (non-hydrogen) atoms. The molecule has 0 unspecified atom stereocenters. The van der Waals surface area contributed by atoms with Crippen LogP contribution in [0.4, 0.5) is 30.7 Å². The van der Waals surface area contributed by atoms with Crippen molar-refractivity contribution < 1.29 is 53.5 Å². The third-order valence-corrected chi connectivity index (χ3v) is 5.13. The molecule has 0 aromatic heterocycles. The second-order valence-corrected chi connectivity index (χ2v) is 8.60. The van der Waals surface area contributed by atoms with Crippen LogP contribution in [-0.2, 0) is 14.8 Å². The number of carbonyl (C=O) groups is 1. The van der Waals surface area contributed by atoms with Gasteiger partial charge in [0.05, 0.1) is 26.4 Å². The maximum atomic E-state index is 13.4. The second-order valence-electron chi connectivity index (χ2n) is 6.68. The molecule has 0 amide bonds. The van der Waals surface area contributed by atoms with Gasteiger partial charge in [0.15, 0.2) is 6.54 Å². The van der Waals surface area contributed by atoms with Crippen molar-refractivity contribution in [2.24, 2.45) is 0 Å². The number of carboxylic acids is 1. The minimum absolute atomic E-state index is 0.0403. The molecule has 0 saturated carbocycles. The van der Waals surface area contributed by atoms with Crippen molar-refractivity contribution in [2.45, 2.75) is 37.3 Å². The number of sulfonamides is 1. The number of hydrogen-bond acceptors (Lipinski definition) is 3. The fraction of sp³-hybridized carbons (Fsp3) is 0.923. The lowest BCUT2D eigenvalue weighted by atomic mass is 9.99. The Balaban J connectivity index is 4.55. The Morgan fingerprint density at radius 2 is 1.48 bits per heavy atom. The van der Waals surface area contributed by atoms with Crippen molar-refractivity contribution in [1.29, 1.82) is 0 Å². The first-order valence-electron chi connectivity index (χ1n) is 7.66. The predicted molar refractivity (Wildman–Crippen MR) is 81.1 cm³/mol. The summed E-state index contributed by atoms with van der Waals surface area (Å²) < 4.78 is 113. The molecule has 0 radical (unpaired) electrons. The summed E-state index contributed by atoms with van der Waals surface area (Å²) in [5.74, 6) is -2.18. The highest BCUT2D eigenvalue weighted by Crippen LogP contribution is 2.48. The number of hydrogen-bond donors (Lipinski definition) is 2. The fourth-order valence-electron chi connectivity index (χ4n) is 2.20. The van der Waals surface area contributed by atoms with Crippen LogP contribution in [0.3, 0.4) is 0 Å². The second kappa shape index (κ2) is 8.90. The summed E-state index contributed by atoms with van der Waals surface area (Å²) in [6, 6.07) is 0. The van der Waals surface area contributed by atoms with E-state index in [2.05, 4.69) is 0 Å². The fourth-order valence-corrected chi connectivity index (χ4v) is 3.33. The summed E-state index contributed by atoms with van der Waals surface area (Å²) in [6.45, 7) is -0.159. The van der Waals surface area contributed by atoms with Crippen molar-refractivity contribution >= 4 is 16.0 Å². The van der Waals surface area contributed by atoms with Crippen LogP contribution in [0.25, 0.3) is 0 Å². The first-order valence-corrected chi connectivity index (χ1v) is 9.32. The highest BCUT2D eigenvalue weighted by atomic mass is 32.2. The van der Waals surface area contributed by atoms with E-state index in [9.17, 15) is 43.9 Å². The maximum absolute atomic E-state index is 13.4. The quantitative estimate of drug-likeness (QED) is 0.296. The van der Waals surface area contributed by atoms with Crippen molar-refractivity contribution in [2.75, 3.05) is 39.5 Å². The summed E-state index contributed by atoms with van der Waals surface area (Å²) in [7, 11) is -1.05. The molecule has 14 heteroatoms. The Hall–Kier alpha value is -1.15. The number of aliphatic carboxylic acids is 1. The minimum Gasteiger partial charge on any atom is -0.477 e. The summed E-state index contributed by atoms with van der Waals surface area (Å²) in [5.41, 5.74) is -5.48. The van der Waals surface area contributed by atoms with Crippen LogP contribution in [0.15, 0.2) is 0 Å². The highest BCUT2D eigenvalue weighted by molar-refractivity contribution is 7.89. The number of nitrogens with zero attached hydrogens (tertiary/aromatic N) is 1. The van der Waals surface area contributed by atoms with Crippen molar-refractivity contribution in [3.63, 3.8) is 0 Å². The Kier molecular flexibility index (Phi) is 8.52. The molecule has 0 aliphatic rings. The lowest BCUT2D eigenvalue weighted by molar-refractivity contribution is -0.883. The van der Waals surface area contributed by atoms with E-state index in [1.165, 1.54) is 0 Å². The van der Waals surface area contributed by atoms with Crippen LogP contribution in [0.5, 0.6) is 0 Å². The molecule has 0 bridgehead atoms. The van der Waals surface area contributed by atoms with Gasteiger partial charge in [-0.05, 0) is 6.42 Å². The molecule has 0 heterocycles. The molecule has 0 aliphatic carbocycles. The molecule has 0 fully saturated rings. The van der Waals surface area contributed by atoms with Gasteiger partial charge in [-0.3, -0.25) is 0 Å². The van der Waals surface area contributed by atoms with E-state index in [0.717, 1.165) is 0 Å². The van der Waals surface area contributed by atoms with Crippen LogP contribution in [-0.4, -0.2) is 81.5 Å². The molecule has 0 aromatic rings. The van der Waals surface area contributed by atoms with Gasteiger partial charge in [-0.2, -0.15) is 26.3 Å². The topological polar surface area (TPSA) is 83.5 Å². The Labute approximate surface area is 152 Å². The smallest absolute Gasteiger partial charge is 0.431 e. The zero-order chi connectivity index (χ0) is 21.7. The lowest BCUT2D eigenvalue weighted by Crippen LogP contribution is -2.53. The Morgan fingerprint density at radius 1 is 1.00 bits per heavy atom. The van der Waals surface area contributed by atoms with E-state index < -0.39 is 52.6 Å². The van der Waals surface area contributed by atoms with Crippen molar-refractivity contribution in [1.82, 2.24) is 4.72 Å². The molecular weight excluding hydrogens is 413 g/mol. The number of quaternary nitrogens is 1. The molecule has 0 rings (SSSR count). The largest absolute Gasteiger partial charge is 0.477 e. The van der Waals surface area contributed by atoms with Crippen LogP contribution in [0.2, 0.25) is 0 Å². The van der Waals surface area contributed by atoms with Gasteiger partial charge in [0.25, 0.3) is 5.67 Å². The summed E-state index contributed by atoms with van der Waals surface area (Å²) in [5, 5.41) is 8.69. The van der Waals surface area contributed by atoms with Crippen molar-refractivity contribution in [3.05, 3.63) is 0 Å². The average Bonchev–Trinajstić information content (AvgIpc) is 2.39. The number of likely N-dealkylation sites (N-methyl/N-ethyl adjacent to an activating group) is 1. The Morgan fingerprint density at radius 3 is 1.89 bits per heavy atom. The lowest BCUT2D eigenvalue weighted by Gasteiger charge is -2.29. The van der Waals surface area contributed by atoms with E-state index in [1.807, 2.05) is 4.72 Å². The molecule has 0 aromatic carbocycles. The minimum atomic E-state index is -6.21. The van der Waals surface area contributed by atoms with Gasteiger partial charge in [-0.25, -0.2) is 22.3 Å². The number of halogens is 7. The number of carboxylic acid groups (broad SMARTS) is 1. The Bertz CT molecular complexity index is 589. The maximum Gasteiger partial charge on any atom is 0.431 e. The van der Waals surface area contributed by atoms with Gasteiger partial charge >= 0.3 is 18.3 Å². The average molecular weight is 435 g/mol. The SMILES string of the molecule is C[N+](C)(CCCNS(=O)(=O)CCCC(F)(C(F)(F)F)C(F)(F)F)CC(=O)O. The van der Waals surface area contributed by atoms with Gasteiger partial charge in [0, 0.05) is 19.4 Å². The standard InChI is InChI=1S/C13H21F7N2O4S/c1-22(2,9-10(23)24)7-4-6-21-27(25,26)8-3-5-11(14,12(15,16)17)13(18,19)20/h21H,3-9H2,1-2H3/p+1. The van der Waals surface area contributed by atoms with Crippen LogP contribution in [0.1, 0.15) is 19.3 Å². The molecule has 6 nitrogen and oxygen atoms in total. The molecule has 0 saturated heterocycles. The first-order chi connectivity index (χ1) is 11.8. The number of nitrogens with one attached hydrogen (secondary N) is 1. The van der Waals surface area contributed by atoms with E-state index in [0.29, 0.717) is 0 Å². The highest BCUT2D eigenvalue weighted by Gasteiger charge is 2.71. The molecule has 0 atom stereocenters. The molecule has 162 valence electrons. The summed E-state index contributed by atoms with van der Waals surface area (Å²) >= 11 is 0. The monoisotopic (exact) mass is 435 g/mol. The van der Waals surface area contributed by atoms with E-state index in [4.69, 9.17) is 5.11 Å². The zero-order valence-electron chi connectivity index (χ0n) is 14.6. The molecular formula is C13H22F7N2O4S+. The van der Waals surface area contributed by atoms with Gasteiger partial charge in [-0.15, -0.1) is 0 Å². The number of rotatable bonds is 11. The third kappa shape index (κ3) is 8.60. The van der Waals surface area contributed by atoms with Gasteiger partial charge in [0.1, 0.15) is 0 Å². The third-order valence-electron chi connectivity index (χ3n) is 3.66.